The van der Waals surface area contributed by atoms with E-state index in [9.17, 15) is 13.2 Å². The van der Waals surface area contributed by atoms with Gasteiger partial charge in [0.2, 0.25) is 0 Å². The lowest BCUT2D eigenvalue weighted by Gasteiger charge is -2.12. The van der Waals surface area contributed by atoms with Crippen molar-refractivity contribution in [3.63, 3.8) is 0 Å². The van der Waals surface area contributed by atoms with E-state index in [-0.39, 0.29) is 0 Å². The van der Waals surface area contributed by atoms with Gasteiger partial charge in [-0.2, -0.15) is 0 Å². The lowest BCUT2D eigenvalue weighted by Crippen LogP contribution is -2.01. The van der Waals surface area contributed by atoms with E-state index in [0.717, 1.165) is 0 Å². The van der Waals surface area contributed by atoms with Crippen molar-refractivity contribution in [1.82, 2.24) is 0 Å². The minimum atomic E-state index is -0.991. The Morgan fingerprint density at radius 2 is 1.67 bits per heavy atom. The van der Waals surface area contributed by atoms with Gasteiger partial charge in [-0.15, -0.1) is 0 Å². The van der Waals surface area contributed by atoms with Gasteiger partial charge in [-0.1, -0.05) is 6.07 Å². The van der Waals surface area contributed by atoms with Crippen LogP contribution < -0.4 is 11.1 Å². The van der Waals surface area contributed by atoms with Crippen molar-refractivity contribution >= 4 is 17.1 Å². The van der Waals surface area contributed by atoms with Crippen molar-refractivity contribution in [3.8, 4) is 0 Å². The first-order chi connectivity index (χ1) is 8.49. The quantitative estimate of drug-likeness (QED) is 0.799. The third-order valence-electron chi connectivity index (χ3n) is 2.64. The number of hydrogen-bond acceptors (Lipinski definition) is 2. The first-order valence-corrected chi connectivity index (χ1v) is 5.25. The molecule has 0 radical (unpaired) electrons. The first kappa shape index (κ1) is 12.3. The molecule has 2 aromatic carbocycles. The fraction of sp³-hybridized carbons (Fsp3) is 0.0769. The molecule has 0 aliphatic heterocycles. The Bertz CT molecular complexity index is 574. The standard InChI is InChI=1S/C13H11F3N2/c1-7-11(17)3-2-4-12(7)18-13-9(15)5-8(14)6-10(13)16/h2-6,18H,17H2,1H3. The summed E-state index contributed by atoms with van der Waals surface area (Å²) in [5, 5.41) is 2.58. The molecule has 0 unspecified atom stereocenters. The maximum atomic E-state index is 13.5. The summed E-state index contributed by atoms with van der Waals surface area (Å²) in [5.41, 5.74) is 6.93. The van der Waals surface area contributed by atoms with Crippen LogP contribution in [-0.4, -0.2) is 0 Å². The fourth-order valence-corrected chi connectivity index (χ4v) is 1.59. The number of nitrogen functional groups attached to an aromatic ring is 1. The molecule has 0 amide bonds. The molecule has 18 heavy (non-hydrogen) atoms. The third-order valence-corrected chi connectivity index (χ3v) is 2.64. The zero-order chi connectivity index (χ0) is 13.3. The topological polar surface area (TPSA) is 38.0 Å². The van der Waals surface area contributed by atoms with Gasteiger partial charge >= 0.3 is 0 Å². The van der Waals surface area contributed by atoms with Gasteiger partial charge in [0.05, 0.1) is 0 Å². The Kier molecular flexibility index (Phi) is 3.14. The van der Waals surface area contributed by atoms with Crippen molar-refractivity contribution in [2.75, 3.05) is 11.1 Å². The number of hydrogen-bond donors (Lipinski definition) is 2. The van der Waals surface area contributed by atoms with E-state index in [1.54, 1.807) is 25.1 Å². The average molecular weight is 252 g/mol. The van der Waals surface area contributed by atoms with E-state index in [0.29, 0.717) is 29.1 Å². The average Bonchev–Trinajstić information content (AvgIpc) is 2.28. The van der Waals surface area contributed by atoms with E-state index >= 15 is 0 Å². The van der Waals surface area contributed by atoms with Gasteiger partial charge in [-0.25, -0.2) is 13.2 Å². The van der Waals surface area contributed by atoms with Crippen molar-refractivity contribution < 1.29 is 13.2 Å². The van der Waals surface area contributed by atoms with E-state index in [1.807, 2.05) is 0 Å². The molecule has 3 N–H and O–H groups in total. The Morgan fingerprint density at radius 1 is 1.06 bits per heavy atom. The summed E-state index contributed by atoms with van der Waals surface area (Å²) < 4.78 is 39.7. The van der Waals surface area contributed by atoms with Gasteiger partial charge in [-0.3, -0.25) is 0 Å². The Balaban J connectivity index is 2.43. The largest absolute Gasteiger partial charge is 0.398 e. The minimum Gasteiger partial charge on any atom is -0.398 e. The molecule has 0 fully saturated rings. The van der Waals surface area contributed by atoms with Crippen molar-refractivity contribution in [3.05, 3.63) is 53.3 Å². The second-order valence-electron chi connectivity index (χ2n) is 3.89. The smallest absolute Gasteiger partial charge is 0.152 e. The monoisotopic (exact) mass is 252 g/mol. The predicted molar refractivity (Wildman–Crippen MR) is 65.2 cm³/mol. The number of anilines is 3. The van der Waals surface area contributed by atoms with E-state index in [4.69, 9.17) is 5.73 Å². The maximum Gasteiger partial charge on any atom is 0.152 e. The van der Waals surface area contributed by atoms with Crippen LogP contribution in [0.5, 0.6) is 0 Å². The van der Waals surface area contributed by atoms with Gasteiger partial charge in [0.15, 0.2) is 11.6 Å². The SMILES string of the molecule is Cc1c(N)cccc1Nc1c(F)cc(F)cc1F. The Labute approximate surface area is 102 Å². The molecule has 0 spiro atoms. The Hall–Kier alpha value is -2.17. The number of benzene rings is 2. The molecule has 0 aliphatic carbocycles. The van der Waals surface area contributed by atoms with Crippen molar-refractivity contribution in [1.29, 1.82) is 0 Å². The molecular formula is C13H11F3N2. The molecule has 2 aromatic rings. The molecule has 0 saturated carbocycles. The van der Waals surface area contributed by atoms with Crippen LogP contribution in [-0.2, 0) is 0 Å². The molecule has 2 nitrogen and oxygen atoms in total. The van der Waals surface area contributed by atoms with E-state index < -0.39 is 23.1 Å². The highest BCUT2D eigenvalue weighted by atomic mass is 19.1. The highest BCUT2D eigenvalue weighted by molar-refractivity contribution is 5.69. The van der Waals surface area contributed by atoms with Crippen LogP contribution in [0.1, 0.15) is 5.56 Å². The fourth-order valence-electron chi connectivity index (χ4n) is 1.59. The van der Waals surface area contributed by atoms with E-state index in [1.165, 1.54) is 0 Å². The van der Waals surface area contributed by atoms with Gasteiger partial charge < -0.3 is 11.1 Å². The van der Waals surface area contributed by atoms with E-state index in [2.05, 4.69) is 5.32 Å². The lowest BCUT2D eigenvalue weighted by molar-refractivity contribution is 0.549. The highest BCUT2D eigenvalue weighted by Gasteiger charge is 2.12. The summed E-state index contributed by atoms with van der Waals surface area (Å²) in [4.78, 5) is 0. The number of rotatable bonds is 2. The molecular weight excluding hydrogens is 241 g/mol. The molecule has 0 bridgehead atoms. The Morgan fingerprint density at radius 3 is 2.28 bits per heavy atom. The number of nitrogens with one attached hydrogen (secondary N) is 1. The summed E-state index contributed by atoms with van der Waals surface area (Å²) in [5.74, 6) is -2.94. The summed E-state index contributed by atoms with van der Waals surface area (Å²) in [7, 11) is 0. The summed E-state index contributed by atoms with van der Waals surface area (Å²) >= 11 is 0. The predicted octanol–water partition coefficient (Wildman–Crippen LogP) is 3.74. The summed E-state index contributed by atoms with van der Waals surface area (Å²) in [6.07, 6.45) is 0. The molecule has 0 saturated heterocycles. The van der Waals surface area contributed by atoms with Crippen molar-refractivity contribution in [2.45, 2.75) is 6.92 Å². The van der Waals surface area contributed by atoms with Gasteiger partial charge in [0.25, 0.3) is 0 Å². The van der Waals surface area contributed by atoms with Crippen LogP contribution in [0, 0.1) is 24.4 Å². The van der Waals surface area contributed by atoms with Crippen molar-refractivity contribution in [2.24, 2.45) is 0 Å². The van der Waals surface area contributed by atoms with Crippen LogP contribution in [0.2, 0.25) is 0 Å². The number of nitrogens with two attached hydrogens (primary N) is 1. The maximum absolute atomic E-state index is 13.5. The summed E-state index contributed by atoms with van der Waals surface area (Å²) in [6.45, 7) is 1.72. The second kappa shape index (κ2) is 4.60. The highest BCUT2D eigenvalue weighted by Crippen LogP contribution is 2.28. The van der Waals surface area contributed by atoms with Gasteiger partial charge in [-0.05, 0) is 24.6 Å². The molecule has 2 rings (SSSR count). The molecule has 94 valence electrons. The minimum absolute atomic E-state index is 0.398. The normalized spacial score (nSPS) is 10.4. The van der Waals surface area contributed by atoms with Crippen LogP contribution in [0.3, 0.4) is 0 Å². The third kappa shape index (κ3) is 2.25. The summed E-state index contributed by atoms with van der Waals surface area (Å²) in [6, 6.07) is 6.20. The molecule has 0 heterocycles. The molecule has 0 aromatic heterocycles. The molecule has 0 aliphatic rings. The molecule has 5 heteroatoms. The zero-order valence-electron chi connectivity index (χ0n) is 9.60. The zero-order valence-corrected chi connectivity index (χ0v) is 9.60. The first-order valence-electron chi connectivity index (χ1n) is 5.25. The van der Waals surface area contributed by atoms with Crippen LogP contribution in [0.25, 0.3) is 0 Å². The van der Waals surface area contributed by atoms with Crippen LogP contribution >= 0.6 is 0 Å². The van der Waals surface area contributed by atoms with Gasteiger partial charge in [0.1, 0.15) is 11.5 Å². The lowest BCUT2D eigenvalue weighted by atomic mass is 10.1. The van der Waals surface area contributed by atoms with Crippen LogP contribution in [0.4, 0.5) is 30.2 Å². The van der Waals surface area contributed by atoms with Gasteiger partial charge in [0, 0.05) is 23.5 Å². The second-order valence-corrected chi connectivity index (χ2v) is 3.89. The number of halogens is 3. The molecule has 0 atom stereocenters. The van der Waals surface area contributed by atoms with Crippen LogP contribution in [0.15, 0.2) is 30.3 Å².